The minimum absolute atomic E-state index is 0.272. The van der Waals surface area contributed by atoms with E-state index in [1.165, 1.54) is 0 Å². The van der Waals surface area contributed by atoms with E-state index in [9.17, 15) is 8.42 Å². The van der Waals surface area contributed by atoms with Crippen LogP contribution in [0, 0.1) is 0 Å². The van der Waals surface area contributed by atoms with Gasteiger partial charge in [0.2, 0.25) is 14.6 Å². The average Bonchev–Trinajstić information content (AvgIpc) is 2.86. The van der Waals surface area contributed by atoms with E-state index in [1.807, 2.05) is 0 Å². The lowest BCUT2D eigenvalue weighted by Crippen LogP contribution is -2.56. The molecule has 0 N–H and O–H groups in total. The number of ether oxygens (including phenoxy) is 1. The molecule has 35 heavy (non-hydrogen) atoms. The summed E-state index contributed by atoms with van der Waals surface area (Å²) < 4.78 is 48.2. The van der Waals surface area contributed by atoms with Crippen molar-refractivity contribution in [3.63, 3.8) is 0 Å². The van der Waals surface area contributed by atoms with Crippen LogP contribution in [-0.4, -0.2) is 60.2 Å². The first-order chi connectivity index (χ1) is 15.7. The number of halogens is 2. The Labute approximate surface area is 231 Å². The lowest BCUT2D eigenvalue weighted by molar-refractivity contribution is -0.0885. The zero-order valence-corrected chi connectivity index (χ0v) is 29.2. The molecule has 6 nitrogen and oxygen atoms in total. The average molecular weight is 638 g/mol. The molecule has 1 rings (SSSR count). The molecule has 1 fully saturated rings. The third kappa shape index (κ3) is 7.15. The van der Waals surface area contributed by atoms with Crippen molar-refractivity contribution >= 4 is 54.3 Å². The van der Waals surface area contributed by atoms with E-state index in [4.69, 9.17) is 29.4 Å². The molecule has 11 heteroatoms. The summed E-state index contributed by atoms with van der Waals surface area (Å²) >= 11 is 10.6. The van der Waals surface area contributed by atoms with Crippen molar-refractivity contribution in [1.82, 2.24) is 0 Å². The monoisotopic (exact) mass is 636 g/mol. The van der Waals surface area contributed by atoms with Gasteiger partial charge in [-0.2, -0.15) is 8.42 Å². The Balaban J connectivity index is 3.53. The zero-order valence-electron chi connectivity index (χ0n) is 24.0. The lowest BCUT2D eigenvalue weighted by atomic mass is 10.2. The molecule has 1 unspecified atom stereocenters. The number of hydrogen-bond donors (Lipinski definition) is 0. The van der Waals surface area contributed by atoms with Crippen LogP contribution in [0.3, 0.4) is 0 Å². The molecule has 0 bridgehead atoms. The quantitative estimate of drug-likeness (QED) is 0.117. The van der Waals surface area contributed by atoms with Gasteiger partial charge in [-0.1, -0.05) is 111 Å². The Morgan fingerprint density at radius 3 is 1.51 bits per heavy atom. The highest BCUT2D eigenvalue weighted by atomic mass is 79.9. The Hall–Kier alpha value is 0.994. The molecule has 1 aliphatic heterocycles. The highest BCUT2D eigenvalue weighted by molar-refractivity contribution is 9.10. The van der Waals surface area contributed by atoms with Gasteiger partial charge in [-0.3, -0.25) is 0 Å². The molecule has 0 amide bonds. The normalized spacial score (nSPS) is 26.9. The second-order valence-electron chi connectivity index (χ2n) is 12.0. The SMILES string of the molecule is CC(C)[Si](OC[C@H]1OC(OS(C)(=O)=O)[C@](Cl)(Br)[C@@H]1O[Si](C(C)C)(C(C)C)C(C)C)(C(C)C)C(C)C. The topological polar surface area (TPSA) is 71.1 Å². The van der Waals surface area contributed by atoms with Gasteiger partial charge in [-0.15, -0.1) is 0 Å². The van der Waals surface area contributed by atoms with Gasteiger partial charge < -0.3 is 13.6 Å². The van der Waals surface area contributed by atoms with E-state index < -0.39 is 49.0 Å². The number of alkyl halides is 2. The molecule has 0 aliphatic carbocycles. The van der Waals surface area contributed by atoms with Crippen LogP contribution >= 0.6 is 27.5 Å². The number of hydrogen-bond acceptors (Lipinski definition) is 6. The summed E-state index contributed by atoms with van der Waals surface area (Å²) in [6, 6.07) is 0. The standard InChI is InChI=1S/C24H50BrClO6SSi2/c1-15(2)34(16(3)4,17(5)6)29-14-21-22(24(25,26)23(30-21)31-33(13,27)28)32-35(18(7)8,19(9)10)20(11)12/h15-23H,14H2,1-13H3/t21-,22-,23?,24+/m1/s1. The summed E-state index contributed by atoms with van der Waals surface area (Å²) in [7, 11) is -8.42. The van der Waals surface area contributed by atoms with Crippen LogP contribution in [-0.2, 0) is 27.9 Å². The molecule has 1 aliphatic rings. The Morgan fingerprint density at radius 1 is 0.829 bits per heavy atom. The summed E-state index contributed by atoms with van der Waals surface area (Å²) in [4.78, 5) is 0. The molecule has 4 atom stereocenters. The third-order valence-corrected chi connectivity index (χ3v) is 21.7. The van der Waals surface area contributed by atoms with Gasteiger partial charge in [-0.25, -0.2) is 4.18 Å². The van der Waals surface area contributed by atoms with Gasteiger partial charge in [0.25, 0.3) is 10.1 Å². The van der Waals surface area contributed by atoms with Gasteiger partial charge >= 0.3 is 0 Å². The molecule has 0 aromatic rings. The van der Waals surface area contributed by atoms with E-state index in [0.717, 1.165) is 6.26 Å². The van der Waals surface area contributed by atoms with Gasteiger partial charge in [-0.05, 0) is 33.2 Å². The molecular weight excluding hydrogens is 588 g/mol. The van der Waals surface area contributed by atoms with E-state index >= 15 is 0 Å². The van der Waals surface area contributed by atoms with Crippen LogP contribution in [0.1, 0.15) is 83.1 Å². The summed E-state index contributed by atoms with van der Waals surface area (Å²) in [6.07, 6.45) is -1.46. The van der Waals surface area contributed by atoms with Gasteiger partial charge in [0.1, 0.15) is 12.2 Å². The number of rotatable bonds is 13. The van der Waals surface area contributed by atoms with Gasteiger partial charge in [0.05, 0.1) is 12.9 Å². The van der Waals surface area contributed by atoms with Crippen molar-refractivity contribution in [2.45, 2.75) is 139 Å². The maximum atomic E-state index is 12.0. The van der Waals surface area contributed by atoms with E-state index in [-0.39, 0.29) is 6.61 Å². The predicted molar refractivity (Wildman–Crippen MR) is 155 cm³/mol. The Morgan fingerprint density at radius 2 is 1.20 bits per heavy atom. The highest BCUT2D eigenvalue weighted by Gasteiger charge is 2.61. The smallest absolute Gasteiger partial charge is 0.266 e. The fourth-order valence-corrected chi connectivity index (χ4v) is 19.4. The van der Waals surface area contributed by atoms with E-state index in [0.29, 0.717) is 33.2 Å². The predicted octanol–water partition coefficient (Wildman–Crippen LogP) is 7.77. The van der Waals surface area contributed by atoms with Crippen molar-refractivity contribution in [3.05, 3.63) is 0 Å². The first-order valence-corrected chi connectivity index (χ1v) is 20.2. The molecule has 1 heterocycles. The second-order valence-corrected chi connectivity index (χ2v) is 26.8. The minimum atomic E-state index is -3.82. The van der Waals surface area contributed by atoms with Crippen LogP contribution in [0.5, 0.6) is 0 Å². The van der Waals surface area contributed by atoms with Crippen LogP contribution in [0.15, 0.2) is 0 Å². The summed E-state index contributed by atoms with van der Waals surface area (Å²) in [5.41, 5.74) is 2.13. The molecule has 0 radical (unpaired) electrons. The van der Waals surface area contributed by atoms with Crippen molar-refractivity contribution < 1.29 is 26.2 Å². The van der Waals surface area contributed by atoms with Crippen LogP contribution in [0.4, 0.5) is 0 Å². The first-order valence-electron chi connectivity index (χ1n) is 12.9. The van der Waals surface area contributed by atoms with E-state index in [2.05, 4.69) is 99.0 Å². The zero-order chi connectivity index (χ0) is 27.7. The van der Waals surface area contributed by atoms with Crippen molar-refractivity contribution in [2.24, 2.45) is 0 Å². The Kier molecular flexibility index (Phi) is 12.1. The fraction of sp³-hybridized carbons (Fsp3) is 1.00. The minimum Gasteiger partial charge on any atom is -0.413 e. The van der Waals surface area contributed by atoms with Crippen molar-refractivity contribution in [2.75, 3.05) is 12.9 Å². The first kappa shape index (κ1) is 34.0. The summed E-state index contributed by atoms with van der Waals surface area (Å²) in [6.45, 7) is 26.9. The van der Waals surface area contributed by atoms with E-state index in [1.54, 1.807) is 0 Å². The molecule has 210 valence electrons. The molecule has 0 aromatic heterocycles. The second kappa shape index (κ2) is 12.4. The largest absolute Gasteiger partial charge is 0.413 e. The van der Waals surface area contributed by atoms with Crippen molar-refractivity contribution in [1.29, 1.82) is 0 Å². The van der Waals surface area contributed by atoms with Crippen LogP contribution in [0.2, 0.25) is 33.2 Å². The lowest BCUT2D eigenvalue weighted by Gasteiger charge is -2.47. The maximum absolute atomic E-state index is 12.0. The van der Waals surface area contributed by atoms with Crippen LogP contribution < -0.4 is 0 Å². The van der Waals surface area contributed by atoms with Crippen molar-refractivity contribution in [3.8, 4) is 0 Å². The summed E-state index contributed by atoms with van der Waals surface area (Å²) in [5, 5.41) is 0. The van der Waals surface area contributed by atoms with Gasteiger partial charge in [0, 0.05) is 0 Å². The fourth-order valence-electron chi connectivity index (χ4n) is 6.58. The summed E-state index contributed by atoms with van der Waals surface area (Å²) in [5.74, 6) is 0. The molecule has 0 saturated carbocycles. The van der Waals surface area contributed by atoms with Crippen LogP contribution in [0.25, 0.3) is 0 Å². The molecule has 0 aromatic carbocycles. The molecule has 0 spiro atoms. The molecule has 1 saturated heterocycles. The third-order valence-electron chi connectivity index (χ3n) is 7.83. The highest BCUT2D eigenvalue weighted by Crippen LogP contribution is 2.51. The van der Waals surface area contributed by atoms with Gasteiger partial charge in [0.15, 0.2) is 12.1 Å². The Bertz CT molecular complexity index is 745. The molecular formula is C24H50BrClO6SSi2. The maximum Gasteiger partial charge on any atom is 0.266 e.